The molecule has 0 heterocycles. The molecule has 0 bridgehead atoms. The predicted octanol–water partition coefficient (Wildman–Crippen LogP) is 14.9. The van der Waals surface area contributed by atoms with Gasteiger partial charge >= 0.3 is 0 Å². The smallest absolute Gasteiger partial charge is 0.00807 e. The van der Waals surface area contributed by atoms with Gasteiger partial charge in [0, 0.05) is 0 Å². The Labute approximate surface area is 319 Å². The van der Waals surface area contributed by atoms with Gasteiger partial charge in [0.25, 0.3) is 0 Å². The number of hydrogen-bond donors (Lipinski definition) is 0. The Hall–Kier alpha value is -5.46. The van der Waals surface area contributed by atoms with Crippen molar-refractivity contribution >= 4 is 27.9 Å². The first kappa shape index (κ1) is 37.3. The molecule has 1 saturated carbocycles. The minimum atomic E-state index is 0.607. The van der Waals surface area contributed by atoms with E-state index in [1.165, 1.54) is 84.4 Å². The first-order valence-electron chi connectivity index (χ1n) is 19.6. The lowest BCUT2D eigenvalue weighted by Gasteiger charge is -2.16. The highest BCUT2D eigenvalue weighted by Crippen LogP contribution is 2.57. The highest BCUT2D eigenvalue weighted by Gasteiger charge is 2.44. The molecule has 4 aliphatic rings. The number of allylic oxidation sites excluding steroid dienone is 23. The van der Waals surface area contributed by atoms with Crippen LogP contribution in [0.5, 0.6) is 0 Å². The molecule has 0 aromatic heterocycles. The van der Waals surface area contributed by atoms with Crippen LogP contribution in [0.2, 0.25) is 0 Å². The maximum absolute atomic E-state index is 4.19. The second kappa shape index (κ2) is 17.8. The van der Waals surface area contributed by atoms with Crippen molar-refractivity contribution in [1.82, 2.24) is 0 Å². The fourth-order valence-electron chi connectivity index (χ4n) is 7.79. The predicted molar refractivity (Wildman–Crippen MR) is 234 cm³/mol. The van der Waals surface area contributed by atoms with Crippen LogP contribution in [0.3, 0.4) is 0 Å². The summed E-state index contributed by atoms with van der Waals surface area (Å²) in [5.74, 6) is 1.23. The molecule has 7 rings (SSSR count). The van der Waals surface area contributed by atoms with E-state index >= 15 is 0 Å². The van der Waals surface area contributed by atoms with Gasteiger partial charge in [0.15, 0.2) is 0 Å². The zero-order valence-corrected chi connectivity index (χ0v) is 32.3. The Morgan fingerprint density at radius 3 is 2.11 bits per heavy atom. The number of rotatable bonds is 10. The molecule has 2 unspecified atom stereocenters. The van der Waals surface area contributed by atoms with Crippen molar-refractivity contribution in [3.05, 3.63) is 221 Å². The van der Waals surface area contributed by atoms with Gasteiger partial charge in [0.05, 0.1) is 0 Å². The maximum atomic E-state index is 4.19. The van der Waals surface area contributed by atoms with Gasteiger partial charge in [-0.3, -0.25) is 0 Å². The molecule has 3 aromatic rings. The van der Waals surface area contributed by atoms with Crippen LogP contribution < -0.4 is 0 Å². The van der Waals surface area contributed by atoms with Gasteiger partial charge in [-0.15, -0.1) is 0 Å². The van der Waals surface area contributed by atoms with Gasteiger partial charge in [-0.1, -0.05) is 173 Å². The lowest BCUT2D eigenvalue weighted by atomic mass is 9.88. The molecule has 0 spiro atoms. The van der Waals surface area contributed by atoms with E-state index in [4.69, 9.17) is 0 Å². The fraction of sp³-hybridized carbons (Fsp3) is 0.208. The number of hydrogen-bond acceptors (Lipinski definition) is 0. The summed E-state index contributed by atoms with van der Waals surface area (Å²) >= 11 is 0. The topological polar surface area (TPSA) is 0 Å². The van der Waals surface area contributed by atoms with Gasteiger partial charge in [0.1, 0.15) is 0 Å². The van der Waals surface area contributed by atoms with Gasteiger partial charge < -0.3 is 0 Å². The van der Waals surface area contributed by atoms with Crippen molar-refractivity contribution in [2.24, 2.45) is 11.8 Å². The zero-order chi connectivity index (χ0) is 37.2. The van der Waals surface area contributed by atoms with Crippen LogP contribution in [0.15, 0.2) is 193 Å². The van der Waals surface area contributed by atoms with E-state index in [-0.39, 0.29) is 0 Å². The van der Waals surface area contributed by atoms with E-state index in [1.54, 1.807) is 0 Å². The molecular weight excluding hydrogens is 637 g/mol. The second-order valence-electron chi connectivity index (χ2n) is 13.8. The lowest BCUT2D eigenvalue weighted by Crippen LogP contribution is -1.98. The summed E-state index contributed by atoms with van der Waals surface area (Å²) in [5.41, 5.74) is 18.2. The molecule has 0 nitrogen and oxygen atoms in total. The van der Waals surface area contributed by atoms with Crippen LogP contribution in [0, 0.1) is 11.8 Å². The average molecular weight is 691 g/mol. The SMILES string of the molecule is C=C/C(=C\CC)C1=CC(C2=CC(c3cccc(C4=CC=C(c5ccccc5)C5CC45)c3)=CC=CC2)=CC(c2cccc(C(/C=C\C)=C/C)c2)=CC1.CC. The fourth-order valence-corrected chi connectivity index (χ4v) is 7.79. The Bertz CT molecular complexity index is 2170. The Morgan fingerprint density at radius 2 is 1.40 bits per heavy atom. The molecule has 53 heavy (non-hydrogen) atoms. The van der Waals surface area contributed by atoms with Crippen molar-refractivity contribution in [1.29, 1.82) is 0 Å². The Kier molecular flexibility index (Phi) is 12.6. The third-order valence-electron chi connectivity index (χ3n) is 10.5. The van der Waals surface area contributed by atoms with Crippen LogP contribution in [-0.4, -0.2) is 0 Å². The summed E-state index contributed by atoms with van der Waals surface area (Å²) in [6.45, 7) is 14.6. The van der Waals surface area contributed by atoms with Gasteiger partial charge in [-0.2, -0.15) is 0 Å². The average Bonchev–Trinajstić information content (AvgIpc) is 4.07. The first-order valence-corrected chi connectivity index (χ1v) is 19.6. The first-order chi connectivity index (χ1) is 26.1. The van der Waals surface area contributed by atoms with Crippen LogP contribution in [0.1, 0.15) is 88.1 Å². The zero-order valence-electron chi connectivity index (χ0n) is 32.3. The maximum Gasteiger partial charge on any atom is -0.00807 e. The van der Waals surface area contributed by atoms with Crippen molar-refractivity contribution in [3.63, 3.8) is 0 Å². The van der Waals surface area contributed by atoms with E-state index in [0.29, 0.717) is 11.8 Å². The summed E-state index contributed by atoms with van der Waals surface area (Å²) < 4.78 is 0. The van der Waals surface area contributed by atoms with Crippen LogP contribution in [0.4, 0.5) is 0 Å². The van der Waals surface area contributed by atoms with Crippen LogP contribution in [-0.2, 0) is 0 Å². The molecule has 0 amide bonds. The quantitative estimate of drug-likeness (QED) is 0.186. The summed E-state index contributed by atoms with van der Waals surface area (Å²) in [6, 6.07) is 29.1. The van der Waals surface area contributed by atoms with E-state index in [9.17, 15) is 0 Å². The molecule has 266 valence electrons. The van der Waals surface area contributed by atoms with Crippen molar-refractivity contribution < 1.29 is 0 Å². The third kappa shape index (κ3) is 8.61. The minimum absolute atomic E-state index is 0.607. The molecule has 0 saturated heterocycles. The molecule has 4 aliphatic carbocycles. The molecule has 2 atom stereocenters. The molecule has 3 aromatic carbocycles. The summed E-state index contributed by atoms with van der Waals surface area (Å²) in [6.07, 6.45) is 35.9. The van der Waals surface area contributed by atoms with Crippen LogP contribution >= 0.6 is 0 Å². The summed E-state index contributed by atoms with van der Waals surface area (Å²) in [4.78, 5) is 0. The molecule has 0 radical (unpaired) electrons. The van der Waals surface area contributed by atoms with Crippen molar-refractivity contribution in [2.45, 2.75) is 60.3 Å². The Morgan fingerprint density at radius 1 is 0.698 bits per heavy atom. The highest BCUT2D eigenvalue weighted by molar-refractivity contribution is 5.87. The summed E-state index contributed by atoms with van der Waals surface area (Å²) in [5, 5.41) is 0. The summed E-state index contributed by atoms with van der Waals surface area (Å²) in [7, 11) is 0. The van der Waals surface area contributed by atoms with Gasteiger partial charge in [-0.05, 0) is 148 Å². The lowest BCUT2D eigenvalue weighted by molar-refractivity contribution is 1.02. The number of benzene rings is 3. The van der Waals surface area contributed by atoms with E-state index < -0.39 is 0 Å². The van der Waals surface area contributed by atoms with Gasteiger partial charge in [0.2, 0.25) is 0 Å². The van der Waals surface area contributed by atoms with Crippen LogP contribution in [0.25, 0.3) is 27.9 Å². The molecule has 0 aliphatic heterocycles. The standard InChI is InChI=1S/C51H48.C2H6/c1-5-16-36(7-3)39-22-14-23-41(30-39)45-27-26-44(37(8-4)17-6-2)33-47(34-45)43-21-13-12-20-40(31-43)42-24-15-25-46(32-42)49-29-28-48(50-35-51(49)50)38-18-10-9-11-19-38;1-2/h5,7-20,22-25,27-34,50-51H,4,6,21,26,35H2,1-3H3;1-2H3/b16-5-,36-7+,37-17+;. The van der Waals surface area contributed by atoms with Crippen molar-refractivity contribution in [3.8, 4) is 0 Å². The minimum Gasteiger partial charge on any atom is -0.0985 e. The largest absolute Gasteiger partial charge is 0.0985 e. The normalized spacial score (nSPS) is 19.8. The van der Waals surface area contributed by atoms with E-state index in [1.807, 2.05) is 19.9 Å². The third-order valence-corrected chi connectivity index (χ3v) is 10.5. The second-order valence-corrected chi connectivity index (χ2v) is 13.8. The molecule has 0 N–H and O–H groups in total. The van der Waals surface area contributed by atoms with E-state index in [0.717, 1.165) is 19.3 Å². The van der Waals surface area contributed by atoms with Crippen molar-refractivity contribution in [2.75, 3.05) is 0 Å². The Balaban J connectivity index is 0.00000236. The molecule has 0 heteroatoms. The highest BCUT2D eigenvalue weighted by atomic mass is 14.5. The van der Waals surface area contributed by atoms with E-state index in [2.05, 4.69) is 185 Å². The monoisotopic (exact) mass is 690 g/mol. The molecular formula is C53H54. The number of fused-ring (bicyclic) bond motifs is 1. The van der Waals surface area contributed by atoms with Gasteiger partial charge in [-0.25, -0.2) is 0 Å². The molecule has 1 fully saturated rings.